The van der Waals surface area contributed by atoms with Gasteiger partial charge < -0.3 is 20.0 Å². The maximum Gasteiger partial charge on any atom is 0.152 e. The van der Waals surface area contributed by atoms with Crippen molar-refractivity contribution in [3.8, 4) is 11.5 Å². The van der Waals surface area contributed by atoms with Crippen molar-refractivity contribution in [2.24, 2.45) is 0 Å². The standard InChI is InChI=1S/C45H52B3ClN2O2S/c1-25-21-32(50(29-16-11-26(12-17-29)43(2,3)4)34-24-54-35-20-15-28(23-31(34)35)45(8,9)10)39(49)33(22-25)51(30-18-13-27(14-19-30)44(5,6)7)40-36(46)37(47)41(52)42(53)38(40)48/h11-24,52-53H,46-48H2,1-10H3. The molecule has 1 aromatic heterocycles. The van der Waals surface area contributed by atoms with Crippen LogP contribution in [0.25, 0.3) is 10.1 Å². The van der Waals surface area contributed by atoms with Crippen LogP contribution in [0.4, 0.5) is 34.1 Å². The molecule has 5 aromatic carbocycles. The highest BCUT2D eigenvalue weighted by Crippen LogP contribution is 2.50. The van der Waals surface area contributed by atoms with Crippen LogP contribution in [0, 0.1) is 6.92 Å². The number of hydrogen-bond acceptors (Lipinski definition) is 5. The molecular formula is C45H52B3ClN2O2S. The number of anilines is 6. The Morgan fingerprint density at radius 2 is 1.00 bits per heavy atom. The minimum Gasteiger partial charge on any atom is -0.505 e. The molecule has 0 fully saturated rings. The largest absolute Gasteiger partial charge is 0.505 e. The maximum atomic E-state index is 11.3. The summed E-state index contributed by atoms with van der Waals surface area (Å²) in [5.41, 5.74) is 12.1. The van der Waals surface area contributed by atoms with E-state index >= 15 is 0 Å². The molecule has 0 atom stereocenters. The zero-order valence-corrected chi connectivity index (χ0v) is 35.7. The van der Waals surface area contributed by atoms with E-state index in [-0.39, 0.29) is 27.7 Å². The second-order valence-electron chi connectivity index (χ2n) is 17.9. The van der Waals surface area contributed by atoms with E-state index in [0.29, 0.717) is 15.9 Å². The van der Waals surface area contributed by atoms with Gasteiger partial charge in [-0.15, -0.1) is 11.3 Å². The quantitative estimate of drug-likeness (QED) is 0.132. The van der Waals surface area contributed by atoms with Gasteiger partial charge in [-0.25, -0.2) is 0 Å². The lowest BCUT2D eigenvalue weighted by Crippen LogP contribution is -2.37. The van der Waals surface area contributed by atoms with Gasteiger partial charge in [0.2, 0.25) is 0 Å². The van der Waals surface area contributed by atoms with Gasteiger partial charge in [0.25, 0.3) is 0 Å². The SMILES string of the molecule is Bc1c(B)c(N(c2ccc(C(C)(C)C)cc2)c2cc(C)cc(N(c3ccc(C(C)(C)C)cc3)c3csc4ccc(C(C)(C)C)cc34)c2Cl)c(B)c(O)c1O. The number of fused-ring (bicyclic) bond motifs is 1. The third-order valence-electron chi connectivity index (χ3n) is 10.7. The number of benzene rings is 5. The van der Waals surface area contributed by atoms with E-state index in [4.69, 9.17) is 11.6 Å². The predicted octanol–water partition coefficient (Wildman–Crippen LogP) is 8.88. The van der Waals surface area contributed by atoms with Crippen molar-refractivity contribution in [1.29, 1.82) is 0 Å². The molecule has 6 rings (SSSR count). The Kier molecular flexibility index (Phi) is 10.3. The first-order valence-electron chi connectivity index (χ1n) is 18.7. The van der Waals surface area contributed by atoms with Gasteiger partial charge in [0.1, 0.15) is 29.3 Å². The van der Waals surface area contributed by atoms with Crippen LogP contribution in [-0.2, 0) is 16.2 Å². The molecule has 0 aliphatic carbocycles. The third-order valence-corrected chi connectivity index (χ3v) is 12.1. The van der Waals surface area contributed by atoms with Gasteiger partial charge >= 0.3 is 0 Å². The van der Waals surface area contributed by atoms with Gasteiger partial charge in [-0.3, -0.25) is 0 Å². The van der Waals surface area contributed by atoms with Crippen molar-refractivity contribution in [3.63, 3.8) is 0 Å². The van der Waals surface area contributed by atoms with Crippen molar-refractivity contribution in [1.82, 2.24) is 0 Å². The first kappa shape index (κ1) is 39.4. The van der Waals surface area contributed by atoms with Crippen molar-refractivity contribution in [3.05, 3.63) is 112 Å². The summed E-state index contributed by atoms with van der Waals surface area (Å²) in [6.07, 6.45) is 0. The number of phenolic OH excluding ortho intramolecular Hbond substituents is 2. The highest BCUT2D eigenvalue weighted by molar-refractivity contribution is 7.17. The average Bonchev–Trinajstić information content (AvgIpc) is 3.52. The van der Waals surface area contributed by atoms with E-state index in [1.165, 1.54) is 26.8 Å². The first-order valence-corrected chi connectivity index (χ1v) is 20.0. The molecule has 0 radical (unpaired) electrons. The fourth-order valence-electron chi connectivity index (χ4n) is 7.17. The van der Waals surface area contributed by atoms with Crippen LogP contribution in [0.5, 0.6) is 11.5 Å². The van der Waals surface area contributed by atoms with E-state index in [9.17, 15) is 10.2 Å². The lowest BCUT2D eigenvalue weighted by molar-refractivity contribution is 0.410. The number of aryl methyl sites for hydroxylation is 1. The summed E-state index contributed by atoms with van der Waals surface area (Å²) in [6, 6.07) is 28.5. The first-order chi connectivity index (χ1) is 25.1. The Morgan fingerprint density at radius 1 is 0.556 bits per heavy atom. The fourth-order valence-corrected chi connectivity index (χ4v) is 8.35. The Labute approximate surface area is 334 Å². The van der Waals surface area contributed by atoms with E-state index in [1.54, 1.807) is 11.3 Å². The van der Waals surface area contributed by atoms with Gasteiger partial charge in [0.15, 0.2) is 5.75 Å². The highest BCUT2D eigenvalue weighted by atomic mass is 35.5. The van der Waals surface area contributed by atoms with Gasteiger partial charge in [-0.05, 0) is 105 Å². The Balaban J connectivity index is 1.68. The average molecular weight is 753 g/mol. The molecule has 0 unspecified atom stereocenters. The normalized spacial score (nSPS) is 12.4. The van der Waals surface area contributed by atoms with Gasteiger partial charge in [-0.1, -0.05) is 110 Å². The number of hydrogen-bond donors (Lipinski definition) is 2. The van der Waals surface area contributed by atoms with Crippen molar-refractivity contribution in [2.45, 2.75) is 85.5 Å². The molecule has 0 amide bonds. The lowest BCUT2D eigenvalue weighted by Gasteiger charge is -2.34. The molecule has 9 heteroatoms. The van der Waals surface area contributed by atoms with Crippen LogP contribution >= 0.6 is 22.9 Å². The van der Waals surface area contributed by atoms with Gasteiger partial charge in [-0.2, -0.15) is 0 Å². The molecule has 54 heavy (non-hydrogen) atoms. The lowest BCUT2D eigenvalue weighted by atomic mass is 9.73. The monoisotopic (exact) mass is 752 g/mol. The second-order valence-corrected chi connectivity index (χ2v) is 19.2. The van der Waals surface area contributed by atoms with Crippen molar-refractivity contribution >= 4 is 107 Å². The molecule has 0 bridgehead atoms. The van der Waals surface area contributed by atoms with E-state index in [2.05, 4.69) is 163 Å². The van der Waals surface area contributed by atoms with Crippen molar-refractivity contribution < 1.29 is 10.2 Å². The molecule has 276 valence electrons. The zero-order valence-electron chi connectivity index (χ0n) is 34.2. The minimum absolute atomic E-state index is 0.000760. The second kappa shape index (κ2) is 14.1. The summed E-state index contributed by atoms with van der Waals surface area (Å²) in [7, 11) is 5.69. The number of thiophene rings is 1. The van der Waals surface area contributed by atoms with Crippen LogP contribution in [0.2, 0.25) is 5.02 Å². The minimum atomic E-state index is -0.131. The maximum absolute atomic E-state index is 11.3. The highest BCUT2D eigenvalue weighted by Gasteiger charge is 2.29. The summed E-state index contributed by atoms with van der Waals surface area (Å²) in [6.45, 7) is 22.2. The molecule has 0 saturated carbocycles. The number of halogens is 1. The number of phenols is 2. The molecule has 0 saturated heterocycles. The van der Waals surface area contributed by atoms with Crippen LogP contribution in [0.1, 0.15) is 84.6 Å². The Hall–Kier alpha value is -4.26. The van der Waals surface area contributed by atoms with Crippen LogP contribution in [-0.4, -0.2) is 33.8 Å². The summed E-state index contributed by atoms with van der Waals surface area (Å²) >= 11 is 9.56. The topological polar surface area (TPSA) is 46.9 Å². The summed E-state index contributed by atoms with van der Waals surface area (Å²) in [4.78, 5) is 4.45. The Bertz CT molecular complexity index is 2340. The number of aromatic hydroxyl groups is 2. The molecule has 4 nitrogen and oxygen atoms in total. The molecule has 6 aromatic rings. The van der Waals surface area contributed by atoms with Crippen LogP contribution in [0.15, 0.2) is 84.2 Å². The van der Waals surface area contributed by atoms with E-state index in [0.717, 1.165) is 45.2 Å². The van der Waals surface area contributed by atoms with Gasteiger partial charge in [0, 0.05) is 32.5 Å². The zero-order chi connectivity index (χ0) is 39.7. The van der Waals surface area contributed by atoms with E-state index < -0.39 is 0 Å². The summed E-state index contributed by atoms with van der Waals surface area (Å²) in [5, 5.41) is 26.2. The summed E-state index contributed by atoms with van der Waals surface area (Å²) in [5.74, 6) is -0.231. The predicted molar refractivity (Wildman–Crippen MR) is 245 cm³/mol. The van der Waals surface area contributed by atoms with Crippen LogP contribution < -0.4 is 26.2 Å². The molecule has 2 N–H and O–H groups in total. The molecule has 0 spiro atoms. The molecular weight excluding hydrogens is 700 g/mol. The third kappa shape index (κ3) is 7.28. The molecule has 0 aliphatic rings. The van der Waals surface area contributed by atoms with Crippen LogP contribution in [0.3, 0.4) is 0 Å². The van der Waals surface area contributed by atoms with Crippen molar-refractivity contribution in [2.75, 3.05) is 9.80 Å². The summed E-state index contributed by atoms with van der Waals surface area (Å²) < 4.78 is 1.21. The molecule has 1 heterocycles. The smallest absolute Gasteiger partial charge is 0.152 e. The fraction of sp³-hybridized carbons (Fsp3) is 0.289. The van der Waals surface area contributed by atoms with Gasteiger partial charge in [0.05, 0.1) is 22.1 Å². The number of nitrogens with zero attached hydrogens (tertiary/aromatic N) is 2. The Morgan fingerprint density at radius 3 is 1.50 bits per heavy atom. The molecule has 0 aliphatic heterocycles. The van der Waals surface area contributed by atoms with E-state index in [1.807, 2.05) is 23.5 Å². The number of rotatable bonds is 6.